The predicted molar refractivity (Wildman–Crippen MR) is 223 cm³/mol. The molecule has 2 saturated heterocycles. The third-order valence-corrected chi connectivity index (χ3v) is 13.3. The van der Waals surface area contributed by atoms with Gasteiger partial charge in [0.15, 0.2) is 22.9 Å². The zero-order chi connectivity index (χ0) is 44.1. The van der Waals surface area contributed by atoms with Crippen molar-refractivity contribution in [2.75, 3.05) is 17.4 Å². The first-order chi connectivity index (χ1) is 30.2. The number of hydrogen-bond acceptors (Lipinski definition) is 10. The van der Waals surface area contributed by atoms with Crippen LogP contribution < -0.4 is 15.1 Å². The van der Waals surface area contributed by atoms with Crippen molar-refractivity contribution >= 4 is 69.4 Å². The lowest BCUT2D eigenvalue weighted by Gasteiger charge is -2.50. The number of allylic oxidation sites excluding steroid dienone is 2. The average Bonchev–Trinajstić information content (AvgIpc) is 3.88. The van der Waals surface area contributed by atoms with E-state index in [1.54, 1.807) is 60.7 Å². The number of alkyl halides is 3. The summed E-state index contributed by atoms with van der Waals surface area (Å²) in [6.07, 6.45) is -2.37. The third-order valence-electron chi connectivity index (χ3n) is 12.8. The molecule has 2 aliphatic carbocycles. The second-order valence-electron chi connectivity index (χ2n) is 15.9. The Morgan fingerprint density at radius 2 is 1.65 bits per heavy atom. The van der Waals surface area contributed by atoms with E-state index in [2.05, 4.69) is 15.4 Å². The monoisotopic (exact) mass is 893 g/mol. The molecular formula is C46H32Cl2F3N5O7. The topological polar surface area (TPSA) is 155 Å². The summed E-state index contributed by atoms with van der Waals surface area (Å²) in [5.41, 5.74) is 3.25. The van der Waals surface area contributed by atoms with E-state index in [9.17, 15) is 32.7 Å². The molecule has 4 aliphatic rings. The second-order valence-corrected chi connectivity index (χ2v) is 16.7. The number of methoxy groups -OCH3 is 1. The number of oxazole rings is 1. The van der Waals surface area contributed by atoms with Crippen LogP contribution in [0.25, 0.3) is 22.6 Å². The molecule has 2 aliphatic heterocycles. The van der Waals surface area contributed by atoms with Gasteiger partial charge in [0.2, 0.25) is 17.7 Å². The third kappa shape index (κ3) is 6.19. The lowest BCUT2D eigenvalue weighted by Crippen LogP contribution is -2.53. The molecule has 318 valence electrons. The number of fused-ring (bicyclic) bond motifs is 5. The molecule has 6 aromatic rings. The molecule has 63 heavy (non-hydrogen) atoms. The standard InChI is InChI=1S/C46H32Cl2F3N5O7/c1-62-36-17-8-23(18-34(36)57)38-28-15-16-29-37(43(60)55(41(29)58)27-13-6-22(7-14-27)40-53-33-4-2-3-5-35(33)63-40)30(28)20-31-42(59)56(44(61)45(31,38)24-9-11-26(47)12-10-24)54-39-32(48)19-25(21-52-39)46(49,50)51/h2-15,17-19,21,29-31,37-38,57H,16,20H2,1H3,(H,52,54)/t29-,30+,31-,37-,38-,45+/m0/s1. The molecule has 0 unspecified atom stereocenters. The van der Waals surface area contributed by atoms with Crippen LogP contribution in [0.2, 0.25) is 10.0 Å². The Morgan fingerprint density at radius 3 is 2.33 bits per heavy atom. The van der Waals surface area contributed by atoms with Crippen LogP contribution in [0.15, 0.2) is 119 Å². The highest BCUT2D eigenvalue weighted by atomic mass is 35.5. The van der Waals surface area contributed by atoms with E-state index < -0.39 is 75.4 Å². The number of imide groups is 2. The number of para-hydroxylation sites is 2. The van der Waals surface area contributed by atoms with Gasteiger partial charge in [-0.15, -0.1) is 0 Å². The van der Waals surface area contributed by atoms with E-state index >= 15 is 4.79 Å². The van der Waals surface area contributed by atoms with E-state index in [1.807, 2.05) is 24.3 Å². The molecule has 12 nitrogen and oxygen atoms in total. The van der Waals surface area contributed by atoms with Gasteiger partial charge in [-0.05, 0) is 96.6 Å². The summed E-state index contributed by atoms with van der Waals surface area (Å²) in [4.78, 5) is 69.1. The van der Waals surface area contributed by atoms with Gasteiger partial charge in [0.25, 0.3) is 11.8 Å². The van der Waals surface area contributed by atoms with Gasteiger partial charge in [0.1, 0.15) is 5.52 Å². The summed E-state index contributed by atoms with van der Waals surface area (Å²) in [6, 6.07) is 25.6. The number of anilines is 2. The van der Waals surface area contributed by atoms with Crippen molar-refractivity contribution in [3.05, 3.63) is 142 Å². The van der Waals surface area contributed by atoms with Crippen LogP contribution >= 0.6 is 23.2 Å². The number of phenols is 1. The van der Waals surface area contributed by atoms with E-state index in [-0.39, 0.29) is 30.2 Å². The van der Waals surface area contributed by atoms with Crippen molar-refractivity contribution in [1.29, 1.82) is 0 Å². The molecule has 1 saturated carbocycles. The van der Waals surface area contributed by atoms with Crippen LogP contribution in [-0.4, -0.2) is 50.8 Å². The first kappa shape index (κ1) is 40.4. The summed E-state index contributed by atoms with van der Waals surface area (Å²) in [5.74, 6) is -7.47. The Morgan fingerprint density at radius 1 is 0.905 bits per heavy atom. The molecule has 17 heteroatoms. The van der Waals surface area contributed by atoms with Gasteiger partial charge in [-0.2, -0.15) is 18.2 Å². The summed E-state index contributed by atoms with van der Waals surface area (Å²) >= 11 is 12.7. The highest BCUT2D eigenvalue weighted by molar-refractivity contribution is 6.33. The molecule has 3 fully saturated rings. The van der Waals surface area contributed by atoms with Crippen molar-refractivity contribution in [3.63, 3.8) is 0 Å². The number of nitrogens with zero attached hydrogens (tertiary/aromatic N) is 4. The molecule has 0 bridgehead atoms. The normalized spacial score (nSPS) is 24.3. The van der Waals surface area contributed by atoms with Crippen molar-refractivity contribution in [2.24, 2.45) is 23.7 Å². The lowest BCUT2D eigenvalue weighted by atomic mass is 9.49. The SMILES string of the molecule is COc1ccc([C@H]2C3=CC[C@@H]4C(=O)N(c5ccc(-c6nc7ccccc7o6)cc5)C(=O)[C@@H]4[C@@H]3C[C@H]3C(=O)N(Nc4ncc(C(F)(F)F)cc4Cl)C(=O)[C@@]23c2ccc(Cl)cc2)cc1O. The van der Waals surface area contributed by atoms with Crippen molar-refractivity contribution in [3.8, 4) is 23.0 Å². The highest BCUT2D eigenvalue weighted by Crippen LogP contribution is 2.64. The average molecular weight is 895 g/mol. The minimum atomic E-state index is -4.77. The van der Waals surface area contributed by atoms with E-state index in [0.29, 0.717) is 67.2 Å². The summed E-state index contributed by atoms with van der Waals surface area (Å²) in [7, 11) is 1.38. The minimum Gasteiger partial charge on any atom is -0.504 e. The molecule has 4 amide bonds. The van der Waals surface area contributed by atoms with Crippen molar-refractivity contribution < 1.29 is 46.6 Å². The highest BCUT2D eigenvalue weighted by Gasteiger charge is 2.70. The number of rotatable bonds is 7. The number of halogens is 5. The Balaban J connectivity index is 1.08. The van der Waals surface area contributed by atoms with Gasteiger partial charge in [-0.1, -0.05) is 65.2 Å². The van der Waals surface area contributed by atoms with Crippen LogP contribution in [0, 0.1) is 23.7 Å². The molecule has 4 heterocycles. The lowest BCUT2D eigenvalue weighted by molar-refractivity contribution is -0.139. The Hall–Kier alpha value is -6.71. The number of carbonyl (C=O) groups is 4. The minimum absolute atomic E-state index is 0.0886. The molecule has 2 aromatic heterocycles. The van der Waals surface area contributed by atoms with Gasteiger partial charge in [0, 0.05) is 22.7 Å². The first-order valence-electron chi connectivity index (χ1n) is 19.7. The smallest absolute Gasteiger partial charge is 0.417 e. The van der Waals surface area contributed by atoms with Crippen LogP contribution in [0.4, 0.5) is 24.7 Å². The molecular weight excluding hydrogens is 862 g/mol. The van der Waals surface area contributed by atoms with Gasteiger partial charge >= 0.3 is 6.18 Å². The maximum absolute atomic E-state index is 15.4. The molecule has 6 atom stereocenters. The number of benzene rings is 4. The summed E-state index contributed by atoms with van der Waals surface area (Å²) in [6.45, 7) is 0. The number of phenolic OH excluding ortho intramolecular Hbond substituents is 1. The van der Waals surface area contributed by atoms with Crippen molar-refractivity contribution in [2.45, 2.75) is 30.4 Å². The number of aromatic hydroxyl groups is 1. The number of amides is 4. The maximum atomic E-state index is 15.4. The first-order valence-corrected chi connectivity index (χ1v) is 20.5. The molecule has 10 rings (SSSR count). The summed E-state index contributed by atoms with van der Waals surface area (Å²) < 4.78 is 52.0. The van der Waals surface area contributed by atoms with Crippen LogP contribution in [-0.2, 0) is 30.8 Å². The number of nitrogens with one attached hydrogen (secondary N) is 1. The fourth-order valence-corrected chi connectivity index (χ4v) is 10.4. The van der Waals surface area contributed by atoms with E-state index in [0.717, 1.165) is 4.90 Å². The number of aromatic nitrogens is 2. The number of carbonyl (C=O) groups excluding carboxylic acids is 4. The number of hydrazine groups is 1. The fraction of sp³-hybridized carbons (Fsp3) is 0.217. The van der Waals surface area contributed by atoms with Gasteiger partial charge in [0.05, 0.1) is 46.6 Å². The van der Waals surface area contributed by atoms with Gasteiger partial charge in [-0.3, -0.25) is 29.5 Å². The Bertz CT molecular complexity index is 2910. The van der Waals surface area contributed by atoms with Crippen LogP contribution in [0.3, 0.4) is 0 Å². The zero-order valence-corrected chi connectivity index (χ0v) is 34.3. The van der Waals surface area contributed by atoms with E-state index in [1.165, 1.54) is 19.2 Å². The second kappa shape index (κ2) is 14.7. The maximum Gasteiger partial charge on any atom is 0.417 e. The molecule has 0 radical (unpaired) electrons. The Kier molecular flexibility index (Phi) is 9.42. The van der Waals surface area contributed by atoms with Gasteiger partial charge in [-0.25, -0.2) is 9.97 Å². The molecule has 0 spiro atoms. The summed E-state index contributed by atoms with van der Waals surface area (Å²) in [5, 5.41) is 11.7. The zero-order valence-electron chi connectivity index (χ0n) is 32.8. The van der Waals surface area contributed by atoms with Gasteiger partial charge < -0.3 is 14.3 Å². The Labute approximate surface area is 365 Å². The van der Waals surface area contributed by atoms with Crippen molar-refractivity contribution in [1.82, 2.24) is 15.0 Å². The number of pyridine rings is 1. The van der Waals surface area contributed by atoms with Crippen LogP contribution in [0.1, 0.15) is 35.4 Å². The number of ether oxygens (including phenoxy) is 1. The quantitative estimate of drug-likeness (QED) is 0.117. The van der Waals surface area contributed by atoms with E-state index in [4.69, 9.17) is 32.4 Å². The fourth-order valence-electron chi connectivity index (χ4n) is 10.0. The van der Waals surface area contributed by atoms with Crippen LogP contribution in [0.5, 0.6) is 11.5 Å². The largest absolute Gasteiger partial charge is 0.504 e. The number of hydrogen-bond donors (Lipinski definition) is 2. The molecule has 2 N–H and O–H groups in total. The molecule has 4 aromatic carbocycles. The predicted octanol–water partition coefficient (Wildman–Crippen LogP) is 9.12.